The van der Waals surface area contributed by atoms with Crippen LogP contribution in [0.25, 0.3) is 0 Å². The highest BCUT2D eigenvalue weighted by Gasteiger charge is 2.22. The first-order valence-electron chi connectivity index (χ1n) is 5.69. The zero-order valence-electron chi connectivity index (χ0n) is 9.52. The van der Waals surface area contributed by atoms with Gasteiger partial charge in [-0.2, -0.15) is 0 Å². The Morgan fingerprint density at radius 2 is 2.31 bits per heavy atom. The number of carbonyl (C=O) groups excluding carboxylic acids is 1. The van der Waals surface area contributed by atoms with Gasteiger partial charge in [0, 0.05) is 13.0 Å². The van der Waals surface area contributed by atoms with Crippen LogP contribution in [0.3, 0.4) is 0 Å². The number of hydrogen-bond acceptors (Lipinski definition) is 2. The Balaban J connectivity index is 2.02. The molecule has 1 atom stereocenters. The summed E-state index contributed by atoms with van der Waals surface area (Å²) in [6.07, 6.45) is 0.974. The molecule has 1 heterocycles. The molecule has 1 aliphatic rings. The molecule has 1 amide bonds. The third-order valence-corrected chi connectivity index (χ3v) is 2.99. The van der Waals surface area contributed by atoms with Gasteiger partial charge in [-0.1, -0.05) is 29.8 Å². The number of rotatable bonds is 3. The molecular formula is C13H17NO2. The van der Waals surface area contributed by atoms with E-state index in [0.717, 1.165) is 24.1 Å². The summed E-state index contributed by atoms with van der Waals surface area (Å²) in [4.78, 5) is 13.2. The summed E-state index contributed by atoms with van der Waals surface area (Å²) < 4.78 is 0. The van der Waals surface area contributed by atoms with Crippen LogP contribution in [0.1, 0.15) is 30.1 Å². The lowest BCUT2D eigenvalue weighted by molar-refractivity contribution is -0.128. The summed E-state index contributed by atoms with van der Waals surface area (Å²) in [5.41, 5.74) is 2.02. The minimum Gasteiger partial charge on any atom is -0.387 e. The Kier molecular flexibility index (Phi) is 3.25. The Hall–Kier alpha value is -1.35. The second kappa shape index (κ2) is 4.66. The van der Waals surface area contributed by atoms with E-state index in [1.807, 2.05) is 31.2 Å². The molecule has 1 aliphatic heterocycles. The van der Waals surface area contributed by atoms with E-state index in [2.05, 4.69) is 0 Å². The molecule has 0 spiro atoms. The van der Waals surface area contributed by atoms with Gasteiger partial charge in [-0.05, 0) is 18.9 Å². The molecule has 1 fully saturated rings. The monoisotopic (exact) mass is 219 g/mol. The van der Waals surface area contributed by atoms with Crippen LogP contribution >= 0.6 is 0 Å². The normalized spacial score (nSPS) is 17.9. The van der Waals surface area contributed by atoms with Gasteiger partial charge in [-0.25, -0.2) is 0 Å². The highest BCUT2D eigenvalue weighted by atomic mass is 16.3. The van der Waals surface area contributed by atoms with Crippen molar-refractivity contribution >= 4 is 5.91 Å². The van der Waals surface area contributed by atoms with Crippen LogP contribution in [0.15, 0.2) is 24.3 Å². The number of carbonyl (C=O) groups is 1. The molecule has 0 aromatic heterocycles. The molecule has 1 N–H and O–H groups in total. The third kappa shape index (κ3) is 2.42. The molecule has 1 saturated heterocycles. The topological polar surface area (TPSA) is 40.5 Å². The average Bonchev–Trinajstić information content (AvgIpc) is 2.64. The molecule has 16 heavy (non-hydrogen) atoms. The van der Waals surface area contributed by atoms with Crippen molar-refractivity contribution in [2.75, 3.05) is 13.1 Å². The van der Waals surface area contributed by atoms with E-state index >= 15 is 0 Å². The Labute approximate surface area is 95.7 Å². The minimum atomic E-state index is -0.568. The zero-order valence-corrected chi connectivity index (χ0v) is 9.52. The van der Waals surface area contributed by atoms with Crippen LogP contribution in [0.4, 0.5) is 0 Å². The van der Waals surface area contributed by atoms with Crippen molar-refractivity contribution in [1.29, 1.82) is 0 Å². The number of nitrogens with zero attached hydrogens (tertiary/aromatic N) is 1. The van der Waals surface area contributed by atoms with Crippen molar-refractivity contribution < 1.29 is 9.90 Å². The molecule has 0 bridgehead atoms. The van der Waals surface area contributed by atoms with E-state index in [1.165, 1.54) is 0 Å². The molecule has 1 unspecified atom stereocenters. The number of amides is 1. The first kappa shape index (κ1) is 11.1. The van der Waals surface area contributed by atoms with Gasteiger partial charge >= 0.3 is 0 Å². The molecule has 1 aromatic rings. The Morgan fingerprint density at radius 1 is 1.50 bits per heavy atom. The van der Waals surface area contributed by atoms with Gasteiger partial charge in [-0.3, -0.25) is 4.79 Å². The van der Waals surface area contributed by atoms with E-state index in [0.29, 0.717) is 13.0 Å². The van der Waals surface area contributed by atoms with Gasteiger partial charge < -0.3 is 10.0 Å². The number of likely N-dealkylation sites (tertiary alicyclic amines) is 1. The summed E-state index contributed by atoms with van der Waals surface area (Å²) in [6, 6.07) is 7.79. The molecule has 3 heteroatoms. The van der Waals surface area contributed by atoms with Crippen molar-refractivity contribution in [3.05, 3.63) is 35.4 Å². The van der Waals surface area contributed by atoms with Crippen molar-refractivity contribution in [3.63, 3.8) is 0 Å². The van der Waals surface area contributed by atoms with Crippen LogP contribution in [0.5, 0.6) is 0 Å². The third-order valence-electron chi connectivity index (χ3n) is 2.99. The molecular weight excluding hydrogens is 202 g/mol. The molecule has 0 aliphatic carbocycles. The largest absolute Gasteiger partial charge is 0.387 e. The molecule has 0 saturated carbocycles. The lowest BCUT2D eigenvalue weighted by Gasteiger charge is -2.20. The lowest BCUT2D eigenvalue weighted by atomic mass is 10.1. The maximum atomic E-state index is 11.4. The van der Waals surface area contributed by atoms with E-state index in [-0.39, 0.29) is 5.91 Å². The minimum absolute atomic E-state index is 0.159. The van der Waals surface area contributed by atoms with Crippen LogP contribution < -0.4 is 0 Å². The first-order valence-corrected chi connectivity index (χ1v) is 5.69. The average molecular weight is 219 g/mol. The number of aliphatic hydroxyl groups is 1. The van der Waals surface area contributed by atoms with Gasteiger partial charge in [0.2, 0.25) is 5.91 Å². The molecule has 1 aromatic carbocycles. The quantitative estimate of drug-likeness (QED) is 0.839. The fourth-order valence-electron chi connectivity index (χ4n) is 2.09. The highest BCUT2D eigenvalue weighted by Crippen LogP contribution is 2.18. The van der Waals surface area contributed by atoms with Gasteiger partial charge in [0.1, 0.15) is 0 Å². The molecule has 2 rings (SSSR count). The summed E-state index contributed by atoms with van der Waals surface area (Å²) in [5, 5.41) is 10.0. The molecule has 86 valence electrons. The van der Waals surface area contributed by atoms with Gasteiger partial charge in [-0.15, -0.1) is 0 Å². The second-order valence-electron chi connectivity index (χ2n) is 4.37. The van der Waals surface area contributed by atoms with Crippen LogP contribution in [0, 0.1) is 6.92 Å². The number of β-amino-alcohol motifs (C(OH)–C–C–N with tert-alkyl or cyclic N) is 1. The van der Waals surface area contributed by atoms with E-state index in [4.69, 9.17) is 0 Å². The highest BCUT2D eigenvalue weighted by molar-refractivity contribution is 5.78. The van der Waals surface area contributed by atoms with Gasteiger partial charge in [0.25, 0.3) is 0 Å². The summed E-state index contributed by atoms with van der Waals surface area (Å²) in [7, 11) is 0. The predicted molar refractivity (Wildman–Crippen MR) is 62.0 cm³/mol. The summed E-state index contributed by atoms with van der Waals surface area (Å²) in [6.45, 7) is 3.20. The standard InChI is InChI=1S/C13H17NO2/c1-10-4-2-5-11(8-10)12(15)9-14-7-3-6-13(14)16/h2,4-5,8,12,15H,3,6-7,9H2,1H3. The zero-order chi connectivity index (χ0) is 11.5. The van der Waals surface area contributed by atoms with Crippen LogP contribution in [-0.4, -0.2) is 29.0 Å². The van der Waals surface area contributed by atoms with Gasteiger partial charge in [0.05, 0.1) is 12.6 Å². The predicted octanol–water partition coefficient (Wildman–Crippen LogP) is 1.65. The maximum Gasteiger partial charge on any atom is 0.222 e. The number of aryl methyl sites for hydroxylation is 1. The van der Waals surface area contributed by atoms with Gasteiger partial charge in [0.15, 0.2) is 0 Å². The Bertz CT molecular complexity index is 389. The van der Waals surface area contributed by atoms with Crippen molar-refractivity contribution in [2.24, 2.45) is 0 Å². The Morgan fingerprint density at radius 3 is 2.94 bits per heavy atom. The number of aliphatic hydroxyl groups excluding tert-OH is 1. The fraction of sp³-hybridized carbons (Fsp3) is 0.462. The SMILES string of the molecule is Cc1cccc(C(O)CN2CCCC2=O)c1. The second-order valence-corrected chi connectivity index (χ2v) is 4.37. The number of benzene rings is 1. The van der Waals surface area contributed by atoms with Crippen LogP contribution in [-0.2, 0) is 4.79 Å². The van der Waals surface area contributed by atoms with E-state index < -0.39 is 6.10 Å². The first-order chi connectivity index (χ1) is 7.66. The van der Waals surface area contributed by atoms with Crippen molar-refractivity contribution in [1.82, 2.24) is 4.90 Å². The lowest BCUT2D eigenvalue weighted by Crippen LogP contribution is -2.29. The van der Waals surface area contributed by atoms with Crippen LogP contribution in [0.2, 0.25) is 0 Å². The van der Waals surface area contributed by atoms with Crippen molar-refractivity contribution in [2.45, 2.75) is 25.9 Å². The molecule has 3 nitrogen and oxygen atoms in total. The van der Waals surface area contributed by atoms with Crippen molar-refractivity contribution in [3.8, 4) is 0 Å². The smallest absolute Gasteiger partial charge is 0.222 e. The maximum absolute atomic E-state index is 11.4. The summed E-state index contributed by atoms with van der Waals surface area (Å²) in [5.74, 6) is 0.159. The molecule has 0 radical (unpaired) electrons. The fourth-order valence-corrected chi connectivity index (χ4v) is 2.09. The summed E-state index contributed by atoms with van der Waals surface area (Å²) >= 11 is 0. The number of hydrogen-bond donors (Lipinski definition) is 1. The van der Waals surface area contributed by atoms with E-state index in [1.54, 1.807) is 4.90 Å². The van der Waals surface area contributed by atoms with E-state index in [9.17, 15) is 9.90 Å².